The molecule has 1 amide bonds. The maximum absolute atomic E-state index is 11.5. The molecule has 0 aromatic carbocycles. The van der Waals surface area contributed by atoms with Gasteiger partial charge in [-0.2, -0.15) is 0 Å². The van der Waals surface area contributed by atoms with Crippen molar-refractivity contribution in [2.45, 2.75) is 19.9 Å². The van der Waals surface area contributed by atoms with Crippen LogP contribution >= 0.6 is 27.5 Å². The third-order valence-corrected chi connectivity index (χ3v) is 2.16. The van der Waals surface area contributed by atoms with Crippen LogP contribution in [0.5, 0.6) is 0 Å². The van der Waals surface area contributed by atoms with E-state index in [1.165, 1.54) is 0 Å². The highest BCUT2D eigenvalue weighted by Gasteiger charge is 2.12. The van der Waals surface area contributed by atoms with Crippen LogP contribution in [0.3, 0.4) is 0 Å². The molecule has 76 valence electrons. The molecule has 0 aliphatic heterocycles. The summed E-state index contributed by atoms with van der Waals surface area (Å²) >= 11 is 9.07. The first-order valence-corrected chi connectivity index (χ1v) is 5.29. The molecule has 0 saturated heterocycles. The van der Waals surface area contributed by atoms with E-state index < -0.39 is 0 Å². The third kappa shape index (κ3) is 2.96. The van der Waals surface area contributed by atoms with E-state index in [0.717, 1.165) is 4.47 Å². The zero-order valence-corrected chi connectivity index (χ0v) is 10.2. The number of aromatic nitrogens is 1. The summed E-state index contributed by atoms with van der Waals surface area (Å²) in [6.45, 7) is 3.76. The highest BCUT2D eigenvalue weighted by molar-refractivity contribution is 9.10. The Morgan fingerprint density at radius 2 is 2.29 bits per heavy atom. The lowest BCUT2D eigenvalue weighted by molar-refractivity contribution is 0.0938. The fourth-order valence-corrected chi connectivity index (χ4v) is 1.63. The number of amides is 1. The van der Waals surface area contributed by atoms with Crippen molar-refractivity contribution in [3.05, 3.63) is 27.5 Å². The standard InChI is InChI=1S/C9H10BrClN2O/c1-5(2)13-9(14)8-7(11)3-6(10)4-12-8/h3-5H,1-2H3,(H,13,14). The van der Waals surface area contributed by atoms with Crippen LogP contribution in [0.2, 0.25) is 5.02 Å². The predicted molar refractivity (Wildman–Crippen MR) is 59.5 cm³/mol. The Morgan fingerprint density at radius 3 is 2.79 bits per heavy atom. The summed E-state index contributed by atoms with van der Waals surface area (Å²) in [5, 5.41) is 3.06. The average Bonchev–Trinajstić information content (AvgIpc) is 2.01. The molecule has 14 heavy (non-hydrogen) atoms. The normalized spacial score (nSPS) is 10.4. The maximum atomic E-state index is 11.5. The van der Waals surface area contributed by atoms with Gasteiger partial charge in [-0.1, -0.05) is 11.6 Å². The second-order valence-corrected chi connectivity index (χ2v) is 4.44. The molecule has 0 bridgehead atoms. The molecule has 1 aromatic heterocycles. The molecular weight excluding hydrogens is 267 g/mol. The minimum atomic E-state index is -0.252. The van der Waals surface area contributed by atoms with Gasteiger partial charge in [0.2, 0.25) is 0 Å². The van der Waals surface area contributed by atoms with Crippen LogP contribution in [0.4, 0.5) is 0 Å². The minimum absolute atomic E-state index is 0.0732. The fourth-order valence-electron chi connectivity index (χ4n) is 0.912. The molecule has 0 unspecified atom stereocenters. The second kappa shape index (κ2) is 4.75. The highest BCUT2D eigenvalue weighted by Crippen LogP contribution is 2.18. The number of rotatable bonds is 2. The number of hydrogen-bond donors (Lipinski definition) is 1. The van der Waals surface area contributed by atoms with Crippen LogP contribution in [0, 0.1) is 0 Å². The SMILES string of the molecule is CC(C)NC(=O)c1ncc(Br)cc1Cl. The first kappa shape index (κ1) is 11.5. The van der Waals surface area contributed by atoms with Crippen molar-refractivity contribution in [3.63, 3.8) is 0 Å². The van der Waals surface area contributed by atoms with Crippen LogP contribution in [0.15, 0.2) is 16.7 Å². The van der Waals surface area contributed by atoms with E-state index in [9.17, 15) is 4.79 Å². The zero-order valence-electron chi connectivity index (χ0n) is 7.84. The van der Waals surface area contributed by atoms with E-state index in [1.807, 2.05) is 13.8 Å². The monoisotopic (exact) mass is 276 g/mol. The topological polar surface area (TPSA) is 42.0 Å². The third-order valence-electron chi connectivity index (χ3n) is 1.44. The number of nitrogens with one attached hydrogen (secondary N) is 1. The molecule has 1 heterocycles. The number of carbonyl (C=O) groups excluding carboxylic acids is 1. The van der Waals surface area contributed by atoms with Crippen LogP contribution in [-0.2, 0) is 0 Å². The molecule has 0 fully saturated rings. The summed E-state index contributed by atoms with van der Waals surface area (Å²) in [7, 11) is 0. The van der Waals surface area contributed by atoms with Crippen molar-refractivity contribution in [1.82, 2.24) is 10.3 Å². The van der Waals surface area contributed by atoms with E-state index in [4.69, 9.17) is 11.6 Å². The van der Waals surface area contributed by atoms with Gasteiger partial charge in [-0.05, 0) is 35.8 Å². The van der Waals surface area contributed by atoms with Crippen LogP contribution in [-0.4, -0.2) is 16.9 Å². The van der Waals surface area contributed by atoms with Gasteiger partial charge in [-0.15, -0.1) is 0 Å². The van der Waals surface area contributed by atoms with Gasteiger partial charge < -0.3 is 5.32 Å². The molecule has 0 aliphatic carbocycles. The maximum Gasteiger partial charge on any atom is 0.271 e. The van der Waals surface area contributed by atoms with Gasteiger partial charge in [0.15, 0.2) is 0 Å². The average molecular weight is 278 g/mol. The Hall–Kier alpha value is -0.610. The summed E-state index contributed by atoms with van der Waals surface area (Å²) in [4.78, 5) is 15.5. The van der Waals surface area contributed by atoms with Crippen LogP contribution in [0.25, 0.3) is 0 Å². The highest BCUT2D eigenvalue weighted by atomic mass is 79.9. The summed E-state index contributed by atoms with van der Waals surface area (Å²) in [5.74, 6) is -0.252. The van der Waals surface area contributed by atoms with Gasteiger partial charge in [0.25, 0.3) is 5.91 Å². The molecule has 0 radical (unpaired) electrons. The fraction of sp³-hybridized carbons (Fsp3) is 0.333. The van der Waals surface area contributed by atoms with Gasteiger partial charge in [0, 0.05) is 16.7 Å². The smallest absolute Gasteiger partial charge is 0.271 e. The first-order valence-electron chi connectivity index (χ1n) is 4.12. The Balaban J connectivity index is 2.90. The number of hydrogen-bond acceptors (Lipinski definition) is 2. The van der Waals surface area contributed by atoms with E-state index in [-0.39, 0.29) is 17.6 Å². The Bertz CT molecular complexity index is 355. The second-order valence-electron chi connectivity index (χ2n) is 3.11. The van der Waals surface area contributed by atoms with Gasteiger partial charge in [-0.3, -0.25) is 4.79 Å². The Labute approximate surface area is 96.0 Å². The molecule has 1 aromatic rings. The summed E-state index contributed by atoms with van der Waals surface area (Å²) < 4.78 is 0.753. The number of pyridine rings is 1. The van der Waals surface area contributed by atoms with E-state index in [0.29, 0.717) is 5.02 Å². The quantitative estimate of drug-likeness (QED) is 0.903. The van der Waals surface area contributed by atoms with Crippen LogP contribution < -0.4 is 5.32 Å². The first-order chi connectivity index (χ1) is 6.50. The van der Waals surface area contributed by atoms with Crippen LogP contribution in [0.1, 0.15) is 24.3 Å². The lowest BCUT2D eigenvalue weighted by atomic mass is 10.3. The number of nitrogens with zero attached hydrogens (tertiary/aromatic N) is 1. The van der Waals surface area contributed by atoms with E-state index in [1.54, 1.807) is 12.3 Å². The van der Waals surface area contributed by atoms with Crippen molar-refractivity contribution in [1.29, 1.82) is 0 Å². The zero-order chi connectivity index (χ0) is 10.7. The summed E-state index contributed by atoms with van der Waals surface area (Å²) in [5.41, 5.74) is 0.253. The summed E-state index contributed by atoms with van der Waals surface area (Å²) in [6.07, 6.45) is 1.54. The lowest BCUT2D eigenvalue weighted by Gasteiger charge is -2.08. The molecule has 1 rings (SSSR count). The predicted octanol–water partition coefficient (Wildman–Crippen LogP) is 2.64. The van der Waals surface area contributed by atoms with Crippen molar-refractivity contribution in [2.75, 3.05) is 0 Å². The minimum Gasteiger partial charge on any atom is -0.348 e. The summed E-state index contributed by atoms with van der Waals surface area (Å²) in [6, 6.07) is 1.72. The van der Waals surface area contributed by atoms with Crippen molar-refractivity contribution >= 4 is 33.4 Å². The molecule has 1 N–H and O–H groups in total. The number of halogens is 2. The van der Waals surface area contributed by atoms with Crippen molar-refractivity contribution in [2.24, 2.45) is 0 Å². The number of carbonyl (C=O) groups is 1. The van der Waals surface area contributed by atoms with E-state index >= 15 is 0 Å². The lowest BCUT2D eigenvalue weighted by Crippen LogP contribution is -2.30. The van der Waals surface area contributed by atoms with E-state index in [2.05, 4.69) is 26.2 Å². The van der Waals surface area contributed by atoms with Gasteiger partial charge >= 0.3 is 0 Å². The van der Waals surface area contributed by atoms with Gasteiger partial charge in [0.05, 0.1) is 5.02 Å². The van der Waals surface area contributed by atoms with Crippen molar-refractivity contribution in [3.8, 4) is 0 Å². The molecule has 0 atom stereocenters. The van der Waals surface area contributed by atoms with Gasteiger partial charge in [0.1, 0.15) is 5.69 Å². The van der Waals surface area contributed by atoms with Gasteiger partial charge in [-0.25, -0.2) is 4.98 Å². The molecule has 3 nitrogen and oxygen atoms in total. The Kier molecular flexibility index (Phi) is 3.89. The molecule has 0 aliphatic rings. The molecule has 0 saturated carbocycles. The largest absolute Gasteiger partial charge is 0.348 e. The molecule has 5 heteroatoms. The molecular formula is C9H10BrClN2O. The Morgan fingerprint density at radius 1 is 1.64 bits per heavy atom. The van der Waals surface area contributed by atoms with Crippen molar-refractivity contribution < 1.29 is 4.79 Å². The molecule has 0 spiro atoms.